The largest absolute Gasteiger partial charge is 0.443 e. The van der Waals surface area contributed by atoms with Crippen molar-refractivity contribution in [3.8, 4) is 0 Å². The first-order valence-corrected chi connectivity index (χ1v) is 5.69. The molecule has 0 atom stereocenters. The summed E-state index contributed by atoms with van der Waals surface area (Å²) < 4.78 is 5.08. The van der Waals surface area contributed by atoms with Gasteiger partial charge in [-0.15, -0.1) is 0 Å². The fraction of sp³-hybridized carbons (Fsp3) is 0.0769. The van der Waals surface area contributed by atoms with E-state index < -0.39 is 6.09 Å². The number of carbonyl (C=O) groups is 1. The normalized spacial score (nSPS) is 13.2. The molecule has 1 heterocycles. The summed E-state index contributed by atoms with van der Waals surface area (Å²) in [4.78, 5) is 15.7. The van der Waals surface area contributed by atoms with E-state index in [1.54, 1.807) is 18.4 Å². The van der Waals surface area contributed by atoms with Gasteiger partial charge in [0.15, 0.2) is 0 Å². The van der Waals surface area contributed by atoms with Gasteiger partial charge in [0, 0.05) is 12.4 Å². The van der Waals surface area contributed by atoms with Crippen molar-refractivity contribution in [2.24, 2.45) is 10.8 Å². The van der Waals surface area contributed by atoms with Crippen molar-refractivity contribution >= 4 is 12.1 Å². The maximum absolute atomic E-state index is 11.7. The van der Waals surface area contributed by atoms with Gasteiger partial charge in [-0.2, -0.15) is 5.01 Å². The summed E-state index contributed by atoms with van der Waals surface area (Å²) in [7, 11) is 0. The maximum atomic E-state index is 11.7. The second kappa shape index (κ2) is 6.36. The Kier molecular flexibility index (Phi) is 4.30. The molecule has 1 aromatic rings. The number of hydrogen-bond acceptors (Lipinski definition) is 5. The molecule has 1 amide bonds. The van der Waals surface area contributed by atoms with Gasteiger partial charge in [-0.3, -0.25) is 0 Å². The van der Waals surface area contributed by atoms with Gasteiger partial charge in [-0.1, -0.05) is 30.3 Å². The number of guanidine groups is 1. The van der Waals surface area contributed by atoms with Gasteiger partial charge in [0.2, 0.25) is 5.96 Å². The first-order valence-electron chi connectivity index (χ1n) is 5.69. The van der Waals surface area contributed by atoms with Gasteiger partial charge in [0.1, 0.15) is 6.61 Å². The number of amides is 1. The number of carbonyl (C=O) groups excluding carboxylic acids is 1. The molecule has 0 saturated carbocycles. The summed E-state index contributed by atoms with van der Waals surface area (Å²) in [6, 6.07) is 9.36. The predicted molar refractivity (Wildman–Crippen MR) is 71.5 cm³/mol. The lowest BCUT2D eigenvalue weighted by Gasteiger charge is -2.17. The van der Waals surface area contributed by atoms with Crippen LogP contribution in [0.3, 0.4) is 0 Å². The molecule has 0 aliphatic carbocycles. The van der Waals surface area contributed by atoms with Crippen molar-refractivity contribution in [1.29, 1.82) is 0 Å². The molecule has 0 radical (unpaired) electrons. The number of aliphatic imine (C=N–C) groups is 1. The number of hydrogen-bond donors (Lipinski definition) is 2. The first kappa shape index (κ1) is 12.8. The quantitative estimate of drug-likeness (QED) is 0.478. The van der Waals surface area contributed by atoms with Crippen molar-refractivity contribution in [3.63, 3.8) is 0 Å². The third-order valence-corrected chi connectivity index (χ3v) is 2.33. The predicted octanol–water partition coefficient (Wildman–Crippen LogP) is 1.49. The molecule has 0 bridgehead atoms. The van der Waals surface area contributed by atoms with Crippen LogP contribution in [-0.4, -0.2) is 17.1 Å². The van der Waals surface area contributed by atoms with Gasteiger partial charge in [0.05, 0.1) is 0 Å². The molecule has 6 nitrogen and oxygen atoms in total. The number of benzene rings is 1. The molecule has 19 heavy (non-hydrogen) atoms. The molecule has 0 saturated heterocycles. The lowest BCUT2D eigenvalue weighted by molar-refractivity contribution is 0.115. The summed E-state index contributed by atoms with van der Waals surface area (Å²) in [5, 5.41) is 3.59. The van der Waals surface area contributed by atoms with E-state index in [1.165, 1.54) is 6.20 Å². The van der Waals surface area contributed by atoms with Gasteiger partial charge < -0.3 is 10.1 Å². The number of nitrogens with two attached hydrogens (primary N) is 1. The Morgan fingerprint density at radius 1 is 1.32 bits per heavy atom. The molecule has 3 N–H and O–H groups in total. The van der Waals surface area contributed by atoms with Gasteiger partial charge in [0.25, 0.3) is 0 Å². The van der Waals surface area contributed by atoms with Crippen LogP contribution in [0.15, 0.2) is 59.9 Å². The molecule has 0 unspecified atom stereocenters. The van der Waals surface area contributed by atoms with Gasteiger partial charge in [-0.05, 0) is 17.7 Å². The number of rotatable bonds is 2. The van der Waals surface area contributed by atoms with E-state index in [1.807, 2.05) is 30.3 Å². The average molecular weight is 258 g/mol. The van der Waals surface area contributed by atoms with Crippen molar-refractivity contribution in [1.82, 2.24) is 10.3 Å². The molecule has 2 rings (SSSR count). The zero-order valence-corrected chi connectivity index (χ0v) is 10.2. The standard InChI is InChI=1S/C13H14N4O2/c14-17(12-15-8-4-5-9-16-12)13(18)19-10-11-6-2-1-3-7-11/h1-9H,10,14H2,(H,15,16). The summed E-state index contributed by atoms with van der Waals surface area (Å²) >= 11 is 0. The van der Waals surface area contributed by atoms with Crippen LogP contribution in [0.2, 0.25) is 0 Å². The zero-order valence-electron chi connectivity index (χ0n) is 10.2. The Labute approximate surface area is 110 Å². The number of allylic oxidation sites excluding steroid dienone is 2. The first-order chi connectivity index (χ1) is 9.27. The zero-order chi connectivity index (χ0) is 13.5. The third-order valence-electron chi connectivity index (χ3n) is 2.33. The highest BCUT2D eigenvalue weighted by Crippen LogP contribution is 2.02. The van der Waals surface area contributed by atoms with Crippen LogP contribution in [0.1, 0.15) is 5.56 Å². The maximum Gasteiger partial charge on any atom is 0.431 e. The summed E-state index contributed by atoms with van der Waals surface area (Å²) in [5.74, 6) is 5.82. The summed E-state index contributed by atoms with van der Waals surface area (Å²) in [6.07, 6.45) is 5.91. The Morgan fingerprint density at radius 3 is 2.89 bits per heavy atom. The lowest BCUT2D eigenvalue weighted by atomic mass is 10.2. The highest BCUT2D eigenvalue weighted by Gasteiger charge is 2.16. The molecular weight excluding hydrogens is 244 g/mol. The van der Waals surface area contributed by atoms with Crippen molar-refractivity contribution in [2.45, 2.75) is 6.61 Å². The van der Waals surface area contributed by atoms with Crippen LogP contribution >= 0.6 is 0 Å². The summed E-state index contributed by atoms with van der Waals surface area (Å²) in [6.45, 7) is 0.159. The van der Waals surface area contributed by atoms with E-state index in [9.17, 15) is 4.79 Å². The number of ether oxygens (including phenoxy) is 1. The second-order valence-corrected chi connectivity index (χ2v) is 3.71. The topological polar surface area (TPSA) is 80.0 Å². The number of hydrazine groups is 1. The van der Waals surface area contributed by atoms with E-state index in [4.69, 9.17) is 10.6 Å². The minimum absolute atomic E-state index is 0.159. The van der Waals surface area contributed by atoms with Crippen LogP contribution in [0.5, 0.6) is 0 Å². The van der Waals surface area contributed by atoms with Crippen LogP contribution < -0.4 is 11.2 Å². The van der Waals surface area contributed by atoms with Crippen LogP contribution in [0.4, 0.5) is 4.79 Å². The molecule has 0 aromatic heterocycles. The van der Waals surface area contributed by atoms with Crippen molar-refractivity contribution in [3.05, 3.63) is 60.4 Å². The van der Waals surface area contributed by atoms with E-state index in [-0.39, 0.29) is 12.6 Å². The molecule has 1 aromatic carbocycles. The van der Waals surface area contributed by atoms with Crippen molar-refractivity contribution < 1.29 is 9.53 Å². The van der Waals surface area contributed by atoms with Gasteiger partial charge >= 0.3 is 6.09 Å². The molecule has 98 valence electrons. The molecular formula is C13H14N4O2. The Balaban J connectivity index is 1.91. The molecule has 0 spiro atoms. The molecule has 1 aliphatic rings. The van der Waals surface area contributed by atoms with Crippen LogP contribution in [0.25, 0.3) is 0 Å². The van der Waals surface area contributed by atoms with E-state index in [2.05, 4.69) is 10.3 Å². The van der Waals surface area contributed by atoms with E-state index >= 15 is 0 Å². The van der Waals surface area contributed by atoms with E-state index in [0.717, 1.165) is 10.6 Å². The Morgan fingerprint density at radius 2 is 2.11 bits per heavy atom. The molecule has 6 heteroatoms. The third kappa shape index (κ3) is 3.68. The average Bonchev–Trinajstić information content (AvgIpc) is 2.74. The fourth-order valence-corrected chi connectivity index (χ4v) is 1.39. The Hall–Kier alpha value is -2.60. The highest BCUT2D eigenvalue weighted by atomic mass is 16.6. The SMILES string of the molecule is NN(C(=O)OCc1ccccc1)C1=NC=CC=CN1. The fourth-order valence-electron chi connectivity index (χ4n) is 1.39. The smallest absolute Gasteiger partial charge is 0.431 e. The lowest BCUT2D eigenvalue weighted by Crippen LogP contribution is -2.48. The van der Waals surface area contributed by atoms with Crippen molar-refractivity contribution in [2.75, 3.05) is 0 Å². The van der Waals surface area contributed by atoms with Crippen LogP contribution in [0, 0.1) is 0 Å². The number of nitrogens with one attached hydrogen (secondary N) is 1. The minimum Gasteiger partial charge on any atom is -0.443 e. The number of nitrogens with zero attached hydrogens (tertiary/aromatic N) is 2. The molecule has 1 aliphatic heterocycles. The monoisotopic (exact) mass is 258 g/mol. The van der Waals surface area contributed by atoms with E-state index in [0.29, 0.717) is 0 Å². The minimum atomic E-state index is -0.682. The highest BCUT2D eigenvalue weighted by molar-refractivity contribution is 5.94. The second-order valence-electron chi connectivity index (χ2n) is 3.71. The summed E-state index contributed by atoms with van der Waals surface area (Å²) in [5.41, 5.74) is 0.889. The van der Waals surface area contributed by atoms with Gasteiger partial charge in [-0.25, -0.2) is 15.6 Å². The Bertz CT molecular complexity index is 523. The molecule has 0 fully saturated rings. The van der Waals surface area contributed by atoms with Crippen LogP contribution in [-0.2, 0) is 11.3 Å².